The molecule has 6 rings (SSSR count). The minimum Gasteiger partial charge on any atom is -0.508 e. The number of carbonyl (C=O) groups is 3. The summed E-state index contributed by atoms with van der Waals surface area (Å²) >= 11 is 17.4. The van der Waals surface area contributed by atoms with E-state index in [1.807, 2.05) is 0 Å². The number of phenolic OH excluding ortho intramolecular Hbond substituents is 6. The summed E-state index contributed by atoms with van der Waals surface area (Å²) in [6, 6.07) is 25.2. The van der Waals surface area contributed by atoms with Crippen LogP contribution in [0.5, 0.6) is 34.5 Å². The standard InChI is InChI=1S/C15H13F3N2O3.C13H10Cl2N2O3.C13H11ClN2O3/c16-15(17,18)10-3-1-9(2-4-10)8-19-14(23)20-12-6-5-11(21)7-13(12)22;14-7-3-8(15)5-9(4-7)16-13(20)17-11-2-1-10(18)6-12(11)19;14-8-1-3-9(4-2-8)15-13(19)16-11-6-5-10(17)7-12(11)18/h1-7,21-22H,8H2,(H2,19,20,23);1-6,18-19H,(H2,16,17,20);1-7,17-18H,(H2,15,16,19). The number of benzene rings is 6. The molecule has 12 N–H and O–H groups in total. The lowest BCUT2D eigenvalue weighted by Gasteiger charge is -2.10. The molecule has 0 saturated heterocycles. The van der Waals surface area contributed by atoms with Crippen molar-refractivity contribution in [3.8, 4) is 34.5 Å². The van der Waals surface area contributed by atoms with Crippen LogP contribution < -0.4 is 31.9 Å². The molecule has 0 spiro atoms. The molecular formula is C41H34Cl3F3N6O9. The number of carbonyl (C=O) groups excluding carboxylic acids is 3. The summed E-state index contributed by atoms with van der Waals surface area (Å²) in [7, 11) is 0. The number of urea groups is 3. The smallest absolute Gasteiger partial charge is 0.416 e. The number of phenols is 6. The van der Waals surface area contributed by atoms with Gasteiger partial charge < -0.3 is 62.5 Å². The molecule has 0 radical (unpaired) electrons. The Kier molecular flexibility index (Phi) is 16.6. The predicted molar refractivity (Wildman–Crippen MR) is 230 cm³/mol. The molecule has 6 amide bonds. The van der Waals surface area contributed by atoms with Crippen molar-refractivity contribution < 1.29 is 58.2 Å². The van der Waals surface area contributed by atoms with Gasteiger partial charge in [-0.25, -0.2) is 14.4 Å². The zero-order valence-corrected chi connectivity index (χ0v) is 33.7. The molecule has 0 aliphatic rings. The van der Waals surface area contributed by atoms with Crippen molar-refractivity contribution in [2.24, 2.45) is 0 Å². The minimum absolute atomic E-state index is 0.0167. The Bertz CT molecular complexity index is 2500. The Morgan fingerprint density at radius 2 is 0.855 bits per heavy atom. The second kappa shape index (κ2) is 21.7. The highest BCUT2D eigenvalue weighted by molar-refractivity contribution is 6.35. The van der Waals surface area contributed by atoms with Gasteiger partial charge in [0.05, 0.1) is 22.6 Å². The number of aromatic hydroxyl groups is 6. The van der Waals surface area contributed by atoms with Gasteiger partial charge in [0.1, 0.15) is 34.5 Å². The third kappa shape index (κ3) is 15.6. The van der Waals surface area contributed by atoms with E-state index >= 15 is 0 Å². The Morgan fingerprint density at radius 3 is 1.26 bits per heavy atom. The number of hydrogen-bond acceptors (Lipinski definition) is 9. The van der Waals surface area contributed by atoms with Crippen LogP contribution in [-0.4, -0.2) is 48.7 Å². The van der Waals surface area contributed by atoms with Gasteiger partial charge in [-0.15, -0.1) is 0 Å². The zero-order chi connectivity index (χ0) is 45.6. The first-order chi connectivity index (χ1) is 29.2. The molecule has 0 saturated carbocycles. The molecule has 62 heavy (non-hydrogen) atoms. The maximum atomic E-state index is 12.4. The molecule has 0 heterocycles. The fourth-order valence-electron chi connectivity index (χ4n) is 4.77. The maximum absolute atomic E-state index is 12.4. The zero-order valence-electron chi connectivity index (χ0n) is 31.4. The third-order valence-electron chi connectivity index (χ3n) is 7.65. The molecule has 0 aliphatic heterocycles. The van der Waals surface area contributed by atoms with Crippen LogP contribution in [-0.2, 0) is 12.7 Å². The van der Waals surface area contributed by atoms with E-state index in [0.29, 0.717) is 32.0 Å². The Morgan fingerprint density at radius 1 is 0.452 bits per heavy atom. The molecule has 0 fully saturated rings. The summed E-state index contributed by atoms with van der Waals surface area (Å²) in [5.74, 6) is -1.11. The Hall–Kier alpha value is -7.41. The average molecular weight is 918 g/mol. The van der Waals surface area contributed by atoms with Gasteiger partial charge in [0.2, 0.25) is 0 Å². The van der Waals surface area contributed by atoms with Crippen molar-refractivity contribution in [3.63, 3.8) is 0 Å². The summed E-state index contributed by atoms with van der Waals surface area (Å²) in [5.41, 5.74) is 1.16. The first-order valence-corrected chi connectivity index (χ1v) is 18.5. The van der Waals surface area contributed by atoms with E-state index in [-0.39, 0.29) is 58.1 Å². The monoisotopic (exact) mass is 916 g/mol. The molecule has 0 atom stereocenters. The van der Waals surface area contributed by atoms with Gasteiger partial charge in [-0.1, -0.05) is 46.9 Å². The molecule has 0 unspecified atom stereocenters. The number of nitrogens with one attached hydrogen (secondary N) is 6. The normalized spacial score (nSPS) is 10.4. The van der Waals surface area contributed by atoms with Crippen LogP contribution in [0.3, 0.4) is 0 Å². The molecular weight excluding hydrogens is 884 g/mol. The lowest BCUT2D eigenvalue weighted by atomic mass is 10.1. The van der Waals surface area contributed by atoms with E-state index in [0.717, 1.165) is 30.3 Å². The van der Waals surface area contributed by atoms with Gasteiger partial charge >= 0.3 is 24.3 Å². The Balaban J connectivity index is 0.000000205. The molecule has 324 valence electrons. The summed E-state index contributed by atoms with van der Waals surface area (Å²) in [6.07, 6.45) is -4.40. The topological polar surface area (TPSA) is 245 Å². The highest BCUT2D eigenvalue weighted by Crippen LogP contribution is 2.31. The van der Waals surface area contributed by atoms with Gasteiger partial charge in [-0.2, -0.15) is 13.2 Å². The molecule has 6 aromatic carbocycles. The second-order valence-electron chi connectivity index (χ2n) is 12.4. The van der Waals surface area contributed by atoms with Crippen LogP contribution in [0.4, 0.5) is 56.0 Å². The largest absolute Gasteiger partial charge is 0.508 e. The number of anilines is 5. The van der Waals surface area contributed by atoms with Crippen LogP contribution in [0.15, 0.2) is 121 Å². The summed E-state index contributed by atoms with van der Waals surface area (Å²) in [5, 5.41) is 72.1. The van der Waals surface area contributed by atoms with Gasteiger partial charge in [0.15, 0.2) is 0 Å². The molecule has 15 nitrogen and oxygen atoms in total. The Labute approximate surface area is 365 Å². The van der Waals surface area contributed by atoms with E-state index in [9.17, 15) is 42.9 Å². The summed E-state index contributed by atoms with van der Waals surface area (Å²) in [6.45, 7) is 0.0167. The van der Waals surface area contributed by atoms with Crippen molar-refractivity contribution in [2.75, 3.05) is 26.6 Å². The van der Waals surface area contributed by atoms with E-state index in [1.165, 1.54) is 66.7 Å². The van der Waals surface area contributed by atoms with E-state index in [1.54, 1.807) is 24.3 Å². The lowest BCUT2D eigenvalue weighted by Crippen LogP contribution is -2.28. The van der Waals surface area contributed by atoms with Gasteiger partial charge in [0.25, 0.3) is 0 Å². The first-order valence-electron chi connectivity index (χ1n) is 17.4. The number of alkyl halides is 3. The van der Waals surface area contributed by atoms with Crippen LogP contribution in [0, 0.1) is 0 Å². The number of amides is 6. The SMILES string of the molecule is O=C(NCc1ccc(C(F)(F)F)cc1)Nc1ccc(O)cc1O.O=C(Nc1cc(Cl)cc(Cl)c1)Nc1ccc(O)cc1O.O=C(Nc1ccc(Cl)cc1)Nc1ccc(O)cc1O. The van der Waals surface area contributed by atoms with Crippen LogP contribution in [0.2, 0.25) is 15.1 Å². The quantitative estimate of drug-likeness (QED) is 0.0537. The van der Waals surface area contributed by atoms with Gasteiger partial charge in [-0.3, -0.25) is 0 Å². The van der Waals surface area contributed by atoms with Crippen LogP contribution in [0.25, 0.3) is 0 Å². The first kappa shape index (κ1) is 47.3. The number of halogens is 6. The van der Waals surface area contributed by atoms with Crippen molar-refractivity contribution in [1.29, 1.82) is 0 Å². The van der Waals surface area contributed by atoms with Crippen LogP contribution >= 0.6 is 34.8 Å². The molecule has 6 aromatic rings. The average Bonchev–Trinajstić information content (AvgIpc) is 3.18. The summed E-state index contributed by atoms with van der Waals surface area (Å²) in [4.78, 5) is 35.1. The molecule has 0 aliphatic carbocycles. The third-order valence-corrected chi connectivity index (χ3v) is 8.33. The highest BCUT2D eigenvalue weighted by atomic mass is 35.5. The number of rotatable bonds is 7. The fourth-order valence-corrected chi connectivity index (χ4v) is 5.42. The van der Waals surface area contributed by atoms with Crippen LogP contribution in [0.1, 0.15) is 11.1 Å². The van der Waals surface area contributed by atoms with E-state index in [4.69, 9.17) is 50.1 Å². The molecule has 0 bridgehead atoms. The van der Waals surface area contributed by atoms with Gasteiger partial charge in [-0.05, 0) is 96.6 Å². The minimum atomic E-state index is -4.40. The van der Waals surface area contributed by atoms with Crippen molar-refractivity contribution in [3.05, 3.63) is 148 Å². The van der Waals surface area contributed by atoms with E-state index < -0.39 is 29.8 Å². The summed E-state index contributed by atoms with van der Waals surface area (Å²) < 4.78 is 37.3. The lowest BCUT2D eigenvalue weighted by molar-refractivity contribution is -0.137. The van der Waals surface area contributed by atoms with E-state index in [2.05, 4.69) is 31.9 Å². The fraction of sp³-hybridized carbons (Fsp3) is 0.0488. The molecule has 0 aromatic heterocycles. The van der Waals surface area contributed by atoms with Crippen molar-refractivity contribution in [2.45, 2.75) is 12.7 Å². The number of hydrogen-bond donors (Lipinski definition) is 12. The maximum Gasteiger partial charge on any atom is 0.416 e. The molecule has 21 heteroatoms. The highest BCUT2D eigenvalue weighted by Gasteiger charge is 2.30. The van der Waals surface area contributed by atoms with Crippen molar-refractivity contribution >= 4 is 81.3 Å². The van der Waals surface area contributed by atoms with Gasteiger partial charge in [0, 0.05) is 51.2 Å². The van der Waals surface area contributed by atoms with Crippen molar-refractivity contribution in [1.82, 2.24) is 5.32 Å². The predicted octanol–water partition coefficient (Wildman–Crippen LogP) is 10.9. The second-order valence-corrected chi connectivity index (χ2v) is 13.7.